The minimum atomic E-state index is -0.246. The quantitative estimate of drug-likeness (QED) is 0.0416. The van der Waals surface area contributed by atoms with Crippen LogP contribution in [0.25, 0.3) is 0 Å². The number of nitrogens with one attached hydrogen (secondary N) is 3. The van der Waals surface area contributed by atoms with E-state index in [0.29, 0.717) is 89.9 Å². The van der Waals surface area contributed by atoms with E-state index in [1.54, 1.807) is 72.8 Å². The molecule has 0 radical (unpaired) electrons. The fourth-order valence-electron chi connectivity index (χ4n) is 6.80. The van der Waals surface area contributed by atoms with E-state index >= 15 is 0 Å². The van der Waals surface area contributed by atoms with Gasteiger partial charge >= 0.3 is 0 Å². The first-order valence-electron chi connectivity index (χ1n) is 24.1. The van der Waals surface area contributed by atoms with Crippen LogP contribution in [0.4, 0.5) is 23.3 Å². The van der Waals surface area contributed by atoms with Gasteiger partial charge in [-0.2, -0.15) is 15.2 Å². The van der Waals surface area contributed by atoms with E-state index in [0.717, 1.165) is 48.4 Å². The van der Waals surface area contributed by atoms with Gasteiger partial charge in [-0.3, -0.25) is 29.0 Å². The number of unbranched alkanes of at least 4 members (excludes halogenated alkanes) is 2. The Hall–Kier alpha value is -7.60. The van der Waals surface area contributed by atoms with Crippen LogP contribution in [0.1, 0.15) is 132 Å². The van der Waals surface area contributed by atoms with E-state index in [1.165, 1.54) is 9.80 Å². The third kappa shape index (κ3) is 11.1. The lowest BCUT2D eigenvalue weighted by molar-refractivity contribution is 0.0637. The number of benzene rings is 3. The minimum Gasteiger partial charge on any atom is -0.369 e. The molecule has 7 rings (SSSR count). The smallest absolute Gasteiger partial charge is 0.261 e. The molecule has 4 amide bonds. The van der Waals surface area contributed by atoms with Gasteiger partial charge in [0, 0.05) is 55.0 Å². The lowest BCUT2D eigenvalue weighted by atomic mass is 10.1. The van der Waals surface area contributed by atoms with Crippen molar-refractivity contribution in [3.8, 4) is 29.8 Å². The predicted molar refractivity (Wildman–Crippen MR) is 255 cm³/mol. The number of carbonyl (C=O) groups excluding carboxylic acids is 4. The molecule has 64 heavy (non-hydrogen) atoms. The Bertz CT molecular complexity index is 2710. The molecular formula is C49H55ClN10O4. The largest absolute Gasteiger partial charge is 0.369 e. The maximum atomic E-state index is 12.5. The van der Waals surface area contributed by atoms with E-state index in [4.69, 9.17) is 25.8 Å². The Morgan fingerprint density at radius 3 is 1.52 bits per heavy atom. The van der Waals surface area contributed by atoms with Crippen LogP contribution in [0.5, 0.6) is 0 Å². The molecule has 0 atom stereocenters. The molecule has 0 unspecified atom stereocenters. The van der Waals surface area contributed by atoms with Crippen LogP contribution < -0.4 is 16.0 Å². The van der Waals surface area contributed by atoms with Crippen molar-refractivity contribution in [3.63, 3.8) is 0 Å². The molecule has 2 aliphatic rings. The molecule has 3 aromatic carbocycles. The standard InChI is InChI=1S/C28H26N6O2.C21H21ClN4O2.4H2/c1-3-16-30-25-22(19(2)31-28(33-25)32-21-14-12-20(18-29)13-15-21)9-5-4-8-17-34-26(35)23-10-6-7-11-24(23)27(34)36;1-3-12-23-18-15(14(2)24-21(22)25-18)9-5-4-8-13-26-19(27)16-10-6-7-11-17(16)20(26)28;;;;/h6-7,10-15H,3-4,8,16-17H2,1-2H3,(H2,30,31,32,33);6-7,10-11H,3-4,8,12-13H2,1-2H3,(H,23,24,25);4*1H/i;;3*1+2T;1+2. The number of aromatic nitrogens is 4. The number of carbonyl (C=O) groups is 4. The highest BCUT2D eigenvalue weighted by atomic mass is 35.5. The van der Waals surface area contributed by atoms with Crippen molar-refractivity contribution in [2.24, 2.45) is 0 Å². The summed E-state index contributed by atoms with van der Waals surface area (Å²) in [5, 5.41) is 18.9. The van der Waals surface area contributed by atoms with Gasteiger partial charge in [-0.25, -0.2) is 9.97 Å². The maximum Gasteiger partial charge on any atom is 0.261 e. The molecule has 0 saturated carbocycles. The second-order valence-electron chi connectivity index (χ2n) is 14.8. The van der Waals surface area contributed by atoms with Gasteiger partial charge in [0.05, 0.1) is 56.4 Å². The zero-order valence-corrected chi connectivity index (χ0v) is 36.9. The van der Waals surface area contributed by atoms with Gasteiger partial charge in [0.2, 0.25) is 11.2 Å². The van der Waals surface area contributed by atoms with Gasteiger partial charge in [-0.05, 0) is 99.7 Å². The number of amides is 4. The number of aryl methyl sites for hydroxylation is 2. The Morgan fingerprint density at radius 2 is 1.08 bits per heavy atom. The molecule has 4 heterocycles. The molecule has 14 nitrogen and oxygen atoms in total. The number of fused-ring (bicyclic) bond motifs is 2. The van der Waals surface area contributed by atoms with Crippen LogP contribution in [0.3, 0.4) is 0 Å². The average Bonchev–Trinajstić information content (AvgIpc) is 3.78. The molecule has 0 saturated heterocycles. The van der Waals surface area contributed by atoms with Gasteiger partial charge in [0.15, 0.2) is 0 Å². The number of hydrogen-bond acceptors (Lipinski definition) is 12. The molecule has 332 valence electrons. The predicted octanol–water partition coefficient (Wildman–Crippen LogP) is 9.32. The average molecular weight is 898 g/mol. The van der Waals surface area contributed by atoms with Gasteiger partial charge < -0.3 is 16.0 Å². The zero-order valence-electron chi connectivity index (χ0n) is 42.1. The highest BCUT2D eigenvalue weighted by Crippen LogP contribution is 2.25. The van der Waals surface area contributed by atoms with E-state index < -0.39 is 0 Å². The van der Waals surface area contributed by atoms with Gasteiger partial charge in [-0.15, -0.1) is 0 Å². The third-order valence-electron chi connectivity index (χ3n) is 10.1. The number of rotatable bonds is 14. The van der Waals surface area contributed by atoms with E-state index in [1.807, 2.05) is 13.8 Å². The number of imide groups is 2. The topological polar surface area (TPSA) is 186 Å². The maximum absolute atomic E-state index is 12.5. The normalized spacial score (nSPS) is 12.6. The molecule has 0 aliphatic carbocycles. The minimum absolute atomic E-state index is 0. The van der Waals surface area contributed by atoms with Crippen molar-refractivity contribution in [3.05, 3.63) is 128 Å². The Labute approximate surface area is 388 Å². The van der Waals surface area contributed by atoms with Crippen LogP contribution in [0, 0.1) is 48.9 Å². The first-order chi connectivity index (χ1) is 34.0. The van der Waals surface area contributed by atoms with Gasteiger partial charge in [-0.1, -0.05) is 61.8 Å². The highest BCUT2D eigenvalue weighted by molar-refractivity contribution is 6.28. The molecule has 15 heteroatoms. The molecule has 0 bridgehead atoms. The van der Waals surface area contributed by atoms with Crippen molar-refractivity contribution in [1.82, 2.24) is 29.7 Å². The number of nitriles is 1. The summed E-state index contributed by atoms with van der Waals surface area (Å²) < 4.78 is 30.0. The molecule has 3 N–H and O–H groups in total. The molecule has 5 aromatic rings. The lowest BCUT2D eigenvalue weighted by Gasteiger charge is -2.13. The van der Waals surface area contributed by atoms with Crippen molar-refractivity contribution in [2.45, 2.75) is 66.2 Å². The van der Waals surface area contributed by atoms with Gasteiger partial charge in [0.1, 0.15) is 11.6 Å². The summed E-state index contributed by atoms with van der Waals surface area (Å²) in [4.78, 5) is 69.8. The van der Waals surface area contributed by atoms with Crippen molar-refractivity contribution in [2.75, 3.05) is 42.1 Å². The number of hydrogen-bond donors (Lipinski definition) is 3. The van der Waals surface area contributed by atoms with Crippen LogP contribution in [0.15, 0.2) is 72.8 Å². The summed E-state index contributed by atoms with van der Waals surface area (Å²) in [5.41, 5.74) is 6.11. The Morgan fingerprint density at radius 1 is 0.641 bits per heavy atom. The number of halogens is 1. The lowest BCUT2D eigenvalue weighted by Crippen LogP contribution is -2.30. The summed E-state index contributed by atoms with van der Waals surface area (Å²) in [7, 11) is 0. The third-order valence-corrected chi connectivity index (χ3v) is 10.2. The SMILES string of the molecule is CCCNc1nc(Cl)nc(C)c1C#CCCCN1C(=O)c2ccccc2C1=O.CCCNc1nc(Nc2ccc(C#N)cc2)nc(C)c1C#CCCCN1C(=O)c2ccccc2C1=O.[3HH].[3H][3H].[3H][3H].[3H][3H]. The van der Waals surface area contributed by atoms with E-state index in [9.17, 15) is 19.2 Å². The van der Waals surface area contributed by atoms with Crippen LogP contribution in [-0.2, 0) is 0 Å². The van der Waals surface area contributed by atoms with Crippen molar-refractivity contribution < 1.29 is 29.5 Å². The Kier molecular flexibility index (Phi) is 14.3. The second-order valence-corrected chi connectivity index (χ2v) is 15.1. The van der Waals surface area contributed by atoms with E-state index in [-0.39, 0.29) is 30.3 Å². The van der Waals surface area contributed by atoms with Crippen LogP contribution in [-0.4, -0.2) is 79.5 Å². The summed E-state index contributed by atoms with van der Waals surface area (Å²) >= 11 is 5.94. The summed E-state index contributed by atoms with van der Waals surface area (Å²) in [6.45, 7) is 10.0. The monoisotopic (exact) mass is 896 g/mol. The molecule has 2 aromatic heterocycles. The Balaban J connectivity index is 0.000000445. The molecule has 0 fully saturated rings. The summed E-state index contributed by atoms with van der Waals surface area (Å²) in [5.74, 6) is 13.3. The fraction of sp³-hybridized carbons (Fsp3) is 0.286. The number of nitrogens with zero attached hydrogens (tertiary/aromatic N) is 7. The first kappa shape index (κ1) is 41.7. The van der Waals surface area contributed by atoms with Crippen LogP contribution in [0.2, 0.25) is 5.28 Å². The molecule has 2 aliphatic heterocycles. The van der Waals surface area contributed by atoms with Crippen molar-refractivity contribution >= 4 is 58.5 Å². The zero-order chi connectivity index (χ0) is 51.6. The van der Waals surface area contributed by atoms with Crippen LogP contribution >= 0.6 is 11.6 Å². The molecule has 0 spiro atoms. The first-order valence-corrected chi connectivity index (χ1v) is 21.5. The fourth-order valence-corrected chi connectivity index (χ4v) is 7.02. The second kappa shape index (κ2) is 22.0. The summed E-state index contributed by atoms with van der Waals surface area (Å²) in [6.07, 6.45) is 4.12. The highest BCUT2D eigenvalue weighted by Gasteiger charge is 2.35. The van der Waals surface area contributed by atoms with E-state index in [2.05, 4.69) is 79.5 Å². The molecular weight excluding hydrogens is 828 g/mol. The summed E-state index contributed by atoms with van der Waals surface area (Å²) in [6, 6.07) is 23.0. The van der Waals surface area contributed by atoms with Crippen molar-refractivity contribution in [1.29, 1.82) is 5.26 Å². The van der Waals surface area contributed by atoms with Gasteiger partial charge in [0.25, 0.3) is 23.6 Å². The number of anilines is 4.